The van der Waals surface area contributed by atoms with Gasteiger partial charge in [0.1, 0.15) is 11.3 Å². The Kier molecular flexibility index (Phi) is 6.04. The van der Waals surface area contributed by atoms with Crippen molar-refractivity contribution < 1.29 is 27.3 Å². The van der Waals surface area contributed by atoms with Crippen LogP contribution >= 0.6 is 0 Å². The van der Waals surface area contributed by atoms with E-state index in [1.807, 2.05) is 0 Å². The smallest absolute Gasteiger partial charge is 0.287 e. The van der Waals surface area contributed by atoms with Crippen molar-refractivity contribution in [2.75, 3.05) is 20.2 Å². The molecular weight excluding hydrogens is 414 g/mol. The number of ether oxygens (including phenoxy) is 1. The fourth-order valence-corrected chi connectivity index (χ4v) is 3.90. The third kappa shape index (κ3) is 4.42. The second kappa shape index (κ2) is 8.51. The van der Waals surface area contributed by atoms with Crippen LogP contribution < -0.4 is 14.8 Å². The van der Waals surface area contributed by atoms with Gasteiger partial charge in [-0.05, 0) is 31.2 Å². The first-order valence-corrected chi connectivity index (χ1v) is 10.3. The van der Waals surface area contributed by atoms with Gasteiger partial charge in [-0.1, -0.05) is 6.07 Å². The van der Waals surface area contributed by atoms with Crippen molar-refractivity contribution in [2.24, 2.45) is 0 Å². The first-order valence-electron chi connectivity index (χ1n) is 8.82. The van der Waals surface area contributed by atoms with Crippen molar-refractivity contribution in [3.8, 4) is 5.75 Å². The number of furan rings is 1. The van der Waals surface area contributed by atoms with Crippen molar-refractivity contribution in [3.63, 3.8) is 0 Å². The van der Waals surface area contributed by atoms with Crippen molar-refractivity contribution in [1.29, 1.82) is 0 Å². The minimum Gasteiger partial charge on any atom is -0.497 e. The van der Waals surface area contributed by atoms with Crippen LogP contribution in [0.4, 0.5) is 5.69 Å². The van der Waals surface area contributed by atoms with Crippen LogP contribution in [-0.4, -0.2) is 39.4 Å². The highest BCUT2D eigenvalue weighted by atomic mass is 32.2. The van der Waals surface area contributed by atoms with Gasteiger partial charge >= 0.3 is 0 Å². The Morgan fingerprint density at radius 2 is 1.97 bits per heavy atom. The van der Waals surface area contributed by atoms with Crippen LogP contribution in [0.3, 0.4) is 0 Å². The van der Waals surface area contributed by atoms with E-state index in [1.54, 1.807) is 32.2 Å². The molecule has 1 amide bonds. The number of amides is 1. The predicted molar refractivity (Wildman–Crippen MR) is 108 cm³/mol. The van der Waals surface area contributed by atoms with E-state index >= 15 is 0 Å². The topological polar surface area (TPSA) is 141 Å². The molecule has 3 rings (SSSR count). The van der Waals surface area contributed by atoms with E-state index < -0.39 is 20.9 Å². The Balaban J connectivity index is 1.62. The summed E-state index contributed by atoms with van der Waals surface area (Å²) in [5.74, 6) is 0.269. The molecule has 10 nitrogen and oxygen atoms in total. The molecule has 0 spiro atoms. The molecule has 0 atom stereocenters. The average molecular weight is 433 g/mol. The Morgan fingerprint density at radius 3 is 2.67 bits per heavy atom. The summed E-state index contributed by atoms with van der Waals surface area (Å²) < 4.78 is 37.6. The lowest BCUT2D eigenvalue weighted by molar-refractivity contribution is -0.385. The summed E-state index contributed by atoms with van der Waals surface area (Å²) in [4.78, 5) is 22.3. The largest absolute Gasteiger partial charge is 0.497 e. The number of nitrogens with one attached hydrogen (secondary N) is 2. The number of nitrogens with zero attached hydrogens (tertiary/aromatic N) is 1. The maximum absolute atomic E-state index is 12.4. The maximum atomic E-state index is 12.4. The highest BCUT2D eigenvalue weighted by Gasteiger charge is 2.19. The summed E-state index contributed by atoms with van der Waals surface area (Å²) in [6.07, 6.45) is 0. The lowest BCUT2D eigenvalue weighted by atomic mass is 10.1. The molecule has 0 fully saturated rings. The van der Waals surface area contributed by atoms with Gasteiger partial charge in [-0.15, -0.1) is 0 Å². The van der Waals surface area contributed by atoms with Crippen molar-refractivity contribution in [1.82, 2.24) is 10.0 Å². The van der Waals surface area contributed by atoms with Crippen LogP contribution in [0.1, 0.15) is 16.1 Å². The van der Waals surface area contributed by atoms with Crippen LogP contribution in [0.15, 0.2) is 51.8 Å². The summed E-state index contributed by atoms with van der Waals surface area (Å²) >= 11 is 0. The fraction of sp³-hybridized carbons (Fsp3) is 0.211. The van der Waals surface area contributed by atoms with Crippen molar-refractivity contribution >= 4 is 32.6 Å². The highest BCUT2D eigenvalue weighted by Crippen LogP contribution is 2.28. The second-order valence-corrected chi connectivity index (χ2v) is 8.09. The standard InChI is InChI=1S/C19H19N3O7S/c1-12-16-11-14(28-2)6-7-17(16)29-18(12)19(23)20-8-9-21-30(26,27)15-5-3-4-13(10-15)22(24)25/h3-7,10-11,21H,8-9H2,1-2H3,(H,20,23). The third-order valence-corrected chi connectivity index (χ3v) is 5.85. The van der Waals surface area contributed by atoms with Crippen LogP contribution in [0, 0.1) is 17.0 Å². The summed E-state index contributed by atoms with van der Waals surface area (Å²) in [6, 6.07) is 9.88. The number of nitro groups is 1. The van der Waals surface area contributed by atoms with Gasteiger partial charge in [0.25, 0.3) is 11.6 Å². The molecule has 0 radical (unpaired) electrons. The van der Waals surface area contributed by atoms with E-state index in [1.165, 1.54) is 18.2 Å². The second-order valence-electron chi connectivity index (χ2n) is 6.33. The third-order valence-electron chi connectivity index (χ3n) is 4.39. The summed E-state index contributed by atoms with van der Waals surface area (Å²) in [7, 11) is -2.42. The SMILES string of the molecule is COc1ccc2oc(C(=O)NCCNS(=O)(=O)c3cccc([N+](=O)[O-])c3)c(C)c2c1. The van der Waals surface area contributed by atoms with Gasteiger partial charge in [-0.2, -0.15) is 0 Å². The first-order chi connectivity index (χ1) is 14.2. The van der Waals surface area contributed by atoms with Crippen molar-refractivity contribution in [2.45, 2.75) is 11.8 Å². The molecule has 11 heteroatoms. The Bertz CT molecular complexity index is 1220. The van der Waals surface area contributed by atoms with E-state index in [4.69, 9.17) is 9.15 Å². The summed E-state index contributed by atoms with van der Waals surface area (Å²) in [5.41, 5.74) is 0.839. The molecule has 0 saturated heterocycles. The number of benzene rings is 2. The zero-order valence-electron chi connectivity index (χ0n) is 16.2. The van der Waals surface area contributed by atoms with Gasteiger partial charge in [0, 0.05) is 36.2 Å². The lowest BCUT2D eigenvalue weighted by Gasteiger charge is -2.07. The molecule has 2 N–H and O–H groups in total. The minimum absolute atomic E-state index is 0.00715. The highest BCUT2D eigenvalue weighted by molar-refractivity contribution is 7.89. The zero-order chi connectivity index (χ0) is 21.9. The number of rotatable bonds is 8. The summed E-state index contributed by atoms with van der Waals surface area (Å²) in [5, 5.41) is 14.1. The number of nitro benzene ring substituents is 1. The van der Waals surface area contributed by atoms with E-state index in [9.17, 15) is 23.3 Å². The number of hydrogen-bond acceptors (Lipinski definition) is 7. The van der Waals surface area contributed by atoms with Gasteiger partial charge in [-0.3, -0.25) is 14.9 Å². The number of aryl methyl sites for hydroxylation is 1. The van der Waals surface area contributed by atoms with Crippen LogP contribution in [0.5, 0.6) is 5.75 Å². The Hall–Kier alpha value is -3.44. The first kappa shape index (κ1) is 21.3. The molecular formula is C19H19N3O7S. The van der Waals surface area contributed by atoms with Crippen LogP contribution in [-0.2, 0) is 10.0 Å². The van der Waals surface area contributed by atoms with E-state index in [2.05, 4.69) is 10.0 Å². The normalized spacial score (nSPS) is 11.4. The van der Waals surface area contributed by atoms with Gasteiger partial charge in [-0.25, -0.2) is 13.1 Å². The molecule has 0 aliphatic carbocycles. The predicted octanol–water partition coefficient (Wildman–Crippen LogP) is 2.37. The molecule has 0 unspecified atom stereocenters. The van der Waals surface area contributed by atoms with Gasteiger partial charge in [0.2, 0.25) is 10.0 Å². The van der Waals surface area contributed by atoms with Gasteiger partial charge in [0.05, 0.1) is 16.9 Å². The number of carbonyl (C=O) groups excluding carboxylic acids is 1. The number of sulfonamides is 1. The monoisotopic (exact) mass is 433 g/mol. The molecule has 0 bridgehead atoms. The number of hydrogen-bond donors (Lipinski definition) is 2. The van der Waals surface area contributed by atoms with Gasteiger partial charge < -0.3 is 14.5 Å². The molecule has 158 valence electrons. The molecule has 0 saturated carbocycles. The maximum Gasteiger partial charge on any atom is 0.287 e. The Morgan fingerprint density at radius 1 is 1.20 bits per heavy atom. The number of non-ortho nitro benzene ring substituents is 1. The molecule has 2 aromatic carbocycles. The molecule has 1 heterocycles. The number of methoxy groups -OCH3 is 1. The molecule has 3 aromatic rings. The number of fused-ring (bicyclic) bond motifs is 1. The molecule has 0 aliphatic rings. The van der Waals surface area contributed by atoms with E-state index in [0.29, 0.717) is 16.9 Å². The quantitative estimate of drug-likeness (QED) is 0.316. The number of carbonyl (C=O) groups is 1. The van der Waals surface area contributed by atoms with Crippen LogP contribution in [0.25, 0.3) is 11.0 Å². The zero-order valence-corrected chi connectivity index (χ0v) is 17.0. The Labute approximate surface area is 172 Å². The molecule has 30 heavy (non-hydrogen) atoms. The molecule has 0 aliphatic heterocycles. The van der Waals surface area contributed by atoms with E-state index in [-0.39, 0.29) is 29.4 Å². The van der Waals surface area contributed by atoms with E-state index in [0.717, 1.165) is 11.5 Å². The average Bonchev–Trinajstić information content (AvgIpc) is 3.07. The fourth-order valence-electron chi connectivity index (χ4n) is 2.83. The lowest BCUT2D eigenvalue weighted by Crippen LogP contribution is -2.34. The van der Waals surface area contributed by atoms with Crippen molar-refractivity contribution in [3.05, 3.63) is 63.9 Å². The summed E-state index contributed by atoms with van der Waals surface area (Å²) in [6.45, 7) is 1.63. The van der Waals surface area contributed by atoms with Crippen LogP contribution in [0.2, 0.25) is 0 Å². The minimum atomic E-state index is -3.96. The molecule has 1 aromatic heterocycles. The van der Waals surface area contributed by atoms with Gasteiger partial charge in [0.15, 0.2) is 5.76 Å².